The van der Waals surface area contributed by atoms with Crippen molar-refractivity contribution in [1.29, 1.82) is 0 Å². The van der Waals surface area contributed by atoms with Gasteiger partial charge in [0, 0.05) is 0 Å². The minimum Gasteiger partial charge on any atom is -0.465 e. The second-order valence-electron chi connectivity index (χ2n) is 4.78. The van der Waals surface area contributed by atoms with Crippen LogP contribution in [0.25, 0.3) is 0 Å². The number of anilines is 1. The van der Waals surface area contributed by atoms with Crippen LogP contribution >= 0.6 is 11.6 Å². The molecule has 5 nitrogen and oxygen atoms in total. The molecule has 2 aromatic carbocycles. The summed E-state index contributed by atoms with van der Waals surface area (Å²) in [5.41, 5.74) is -2.00. The molecule has 0 amide bonds. The first-order valence-electron chi connectivity index (χ1n) is 6.63. The van der Waals surface area contributed by atoms with Gasteiger partial charge in [-0.2, -0.15) is 13.2 Å². The molecule has 0 fully saturated rings. The van der Waals surface area contributed by atoms with E-state index in [1.807, 2.05) is 4.72 Å². The summed E-state index contributed by atoms with van der Waals surface area (Å²) in [6.45, 7) is 0. The molecule has 1 N–H and O–H groups in total. The van der Waals surface area contributed by atoms with Crippen LogP contribution in [0.2, 0.25) is 5.02 Å². The lowest BCUT2D eigenvalue weighted by atomic mass is 10.2. The van der Waals surface area contributed by atoms with Crippen molar-refractivity contribution in [3.63, 3.8) is 0 Å². The highest BCUT2D eigenvalue weighted by molar-refractivity contribution is 7.92. The van der Waals surface area contributed by atoms with Gasteiger partial charge in [-0.25, -0.2) is 13.2 Å². The molecule has 0 radical (unpaired) electrons. The van der Waals surface area contributed by atoms with Gasteiger partial charge in [0.15, 0.2) is 0 Å². The van der Waals surface area contributed by atoms with Crippen LogP contribution in [-0.2, 0) is 20.9 Å². The van der Waals surface area contributed by atoms with Crippen LogP contribution in [0.3, 0.4) is 0 Å². The van der Waals surface area contributed by atoms with Gasteiger partial charge in [-0.05, 0) is 30.3 Å². The van der Waals surface area contributed by atoms with Crippen LogP contribution in [0, 0.1) is 0 Å². The van der Waals surface area contributed by atoms with Gasteiger partial charge in [0.05, 0.1) is 33.8 Å². The number of hydrogen-bond donors (Lipinski definition) is 1. The summed E-state index contributed by atoms with van der Waals surface area (Å²) in [5.74, 6) is -0.877. The van der Waals surface area contributed by atoms with E-state index in [0.29, 0.717) is 0 Å². The number of para-hydroxylation sites is 1. The summed E-state index contributed by atoms with van der Waals surface area (Å²) in [4.78, 5) is 11.2. The zero-order chi connectivity index (χ0) is 18.8. The molecule has 0 aliphatic carbocycles. The monoisotopic (exact) mass is 393 g/mol. The Morgan fingerprint density at radius 2 is 1.80 bits per heavy atom. The molecular weight excluding hydrogens is 383 g/mol. The Kier molecular flexibility index (Phi) is 5.28. The number of sulfonamides is 1. The predicted octanol–water partition coefficient (Wildman–Crippen LogP) is 3.95. The van der Waals surface area contributed by atoms with Crippen LogP contribution in [0.4, 0.5) is 18.9 Å². The van der Waals surface area contributed by atoms with Crippen LogP contribution in [0.5, 0.6) is 0 Å². The number of methoxy groups -OCH3 is 1. The van der Waals surface area contributed by atoms with Crippen molar-refractivity contribution in [2.24, 2.45) is 0 Å². The van der Waals surface area contributed by atoms with Crippen molar-refractivity contribution < 1.29 is 31.1 Å². The van der Waals surface area contributed by atoms with Crippen molar-refractivity contribution in [2.75, 3.05) is 11.8 Å². The maximum absolute atomic E-state index is 13.0. The smallest absolute Gasteiger partial charge is 0.418 e. The van der Waals surface area contributed by atoms with E-state index in [2.05, 4.69) is 4.74 Å². The molecule has 2 aromatic rings. The highest BCUT2D eigenvalue weighted by Gasteiger charge is 2.34. The number of hydrogen-bond acceptors (Lipinski definition) is 4. The van der Waals surface area contributed by atoms with E-state index in [1.165, 1.54) is 6.07 Å². The zero-order valence-electron chi connectivity index (χ0n) is 12.6. The molecule has 0 atom stereocenters. The Bertz CT molecular complexity index is 913. The van der Waals surface area contributed by atoms with Crippen LogP contribution in [-0.4, -0.2) is 21.5 Å². The van der Waals surface area contributed by atoms with E-state index >= 15 is 0 Å². The van der Waals surface area contributed by atoms with Crippen LogP contribution in [0.15, 0.2) is 47.4 Å². The number of halogens is 4. The number of ether oxygens (including phenoxy) is 1. The first kappa shape index (κ1) is 19.1. The second kappa shape index (κ2) is 6.93. The first-order valence-corrected chi connectivity index (χ1v) is 8.49. The molecule has 0 spiro atoms. The molecule has 0 aromatic heterocycles. The molecule has 25 heavy (non-hydrogen) atoms. The Morgan fingerprint density at radius 3 is 2.40 bits per heavy atom. The third kappa shape index (κ3) is 4.23. The number of alkyl halides is 3. The first-order chi connectivity index (χ1) is 11.6. The fourth-order valence-corrected chi connectivity index (χ4v) is 3.26. The van der Waals surface area contributed by atoms with Crippen LogP contribution in [0.1, 0.15) is 15.9 Å². The van der Waals surface area contributed by atoms with Gasteiger partial charge in [-0.3, -0.25) is 4.72 Å². The van der Waals surface area contributed by atoms with Gasteiger partial charge in [0.1, 0.15) is 0 Å². The fraction of sp³-hybridized carbons (Fsp3) is 0.133. The quantitative estimate of drug-likeness (QED) is 0.798. The number of rotatable bonds is 4. The number of benzene rings is 2. The van der Waals surface area contributed by atoms with Crippen molar-refractivity contribution in [3.8, 4) is 0 Å². The summed E-state index contributed by atoms with van der Waals surface area (Å²) >= 11 is 5.80. The Morgan fingerprint density at radius 1 is 1.16 bits per heavy atom. The minimum atomic E-state index is -4.74. The average molecular weight is 394 g/mol. The van der Waals surface area contributed by atoms with Gasteiger partial charge in [-0.15, -0.1) is 0 Å². The molecule has 0 heterocycles. The molecule has 10 heteroatoms. The lowest BCUT2D eigenvalue weighted by molar-refractivity contribution is -0.136. The molecule has 0 bridgehead atoms. The standard InChI is InChI=1S/C15H11ClF3NO4S/c1-24-14(21)10-8-9(6-7-12(10)16)25(22,23)20-13-5-3-2-4-11(13)15(17,18)19/h2-8,20H,1H3. The number of carbonyl (C=O) groups is 1. The summed E-state index contributed by atoms with van der Waals surface area (Å²) in [6.07, 6.45) is -4.74. The van der Waals surface area contributed by atoms with E-state index < -0.39 is 38.3 Å². The minimum absolute atomic E-state index is 0.0542. The van der Waals surface area contributed by atoms with Gasteiger partial charge >= 0.3 is 12.1 Å². The number of carbonyl (C=O) groups excluding carboxylic acids is 1. The average Bonchev–Trinajstić information content (AvgIpc) is 2.53. The Hall–Kier alpha value is -2.26. The van der Waals surface area contributed by atoms with Gasteiger partial charge in [0.25, 0.3) is 10.0 Å². The van der Waals surface area contributed by atoms with E-state index in [-0.39, 0.29) is 10.6 Å². The largest absolute Gasteiger partial charge is 0.465 e. The lowest BCUT2D eigenvalue weighted by Gasteiger charge is -2.15. The molecule has 0 saturated carbocycles. The molecule has 0 aliphatic rings. The summed E-state index contributed by atoms with van der Waals surface area (Å²) in [6, 6.07) is 7.25. The number of nitrogens with one attached hydrogen (secondary N) is 1. The maximum Gasteiger partial charge on any atom is 0.418 e. The highest BCUT2D eigenvalue weighted by atomic mass is 35.5. The van der Waals surface area contributed by atoms with E-state index in [1.54, 1.807) is 0 Å². The summed E-state index contributed by atoms with van der Waals surface area (Å²) < 4.78 is 70.1. The third-order valence-electron chi connectivity index (χ3n) is 3.13. The van der Waals surface area contributed by atoms with Gasteiger partial charge in [0.2, 0.25) is 0 Å². The van der Waals surface area contributed by atoms with Crippen molar-refractivity contribution in [1.82, 2.24) is 0 Å². The SMILES string of the molecule is COC(=O)c1cc(S(=O)(=O)Nc2ccccc2C(F)(F)F)ccc1Cl. The summed E-state index contributed by atoms with van der Waals surface area (Å²) in [5, 5.41) is -0.0542. The molecule has 0 saturated heterocycles. The fourth-order valence-electron chi connectivity index (χ4n) is 1.96. The highest BCUT2D eigenvalue weighted by Crippen LogP contribution is 2.35. The van der Waals surface area contributed by atoms with Gasteiger partial charge in [-0.1, -0.05) is 23.7 Å². The lowest BCUT2D eigenvalue weighted by Crippen LogP contribution is -2.17. The molecule has 2 rings (SSSR count). The maximum atomic E-state index is 13.0. The molecule has 134 valence electrons. The molecule has 0 unspecified atom stereocenters. The summed E-state index contributed by atoms with van der Waals surface area (Å²) in [7, 11) is -3.31. The normalized spacial score (nSPS) is 11.9. The van der Waals surface area contributed by atoms with Crippen molar-refractivity contribution in [3.05, 3.63) is 58.6 Å². The second-order valence-corrected chi connectivity index (χ2v) is 6.87. The van der Waals surface area contributed by atoms with Crippen LogP contribution < -0.4 is 4.72 Å². The van der Waals surface area contributed by atoms with Crippen molar-refractivity contribution in [2.45, 2.75) is 11.1 Å². The molecular formula is C15H11ClF3NO4S. The predicted molar refractivity (Wildman–Crippen MR) is 85.0 cm³/mol. The number of esters is 1. The molecule has 0 aliphatic heterocycles. The van der Waals surface area contributed by atoms with E-state index in [4.69, 9.17) is 11.6 Å². The zero-order valence-corrected chi connectivity index (χ0v) is 14.2. The van der Waals surface area contributed by atoms with E-state index in [0.717, 1.165) is 43.5 Å². The van der Waals surface area contributed by atoms with Gasteiger partial charge < -0.3 is 4.74 Å². The topological polar surface area (TPSA) is 72.5 Å². The third-order valence-corrected chi connectivity index (χ3v) is 4.82. The van der Waals surface area contributed by atoms with Crippen molar-refractivity contribution >= 4 is 33.3 Å². The van der Waals surface area contributed by atoms with E-state index in [9.17, 15) is 26.4 Å². The Labute approximate surface area is 146 Å². The Balaban J connectivity index is 2.47.